The van der Waals surface area contributed by atoms with E-state index in [1.165, 1.54) is 21.9 Å². The first kappa shape index (κ1) is 16.1. The number of fused-ring (bicyclic) bond motifs is 1. The largest absolute Gasteiger partial charge is 0.497 e. The molecule has 1 N–H and O–H groups in total. The zero-order valence-corrected chi connectivity index (χ0v) is 14.5. The Bertz CT molecular complexity index is 841. The Kier molecular flexibility index (Phi) is 4.63. The molecular weight excluding hydrogens is 310 g/mol. The van der Waals surface area contributed by atoms with E-state index in [9.17, 15) is 0 Å². The molecule has 1 fully saturated rings. The lowest BCUT2D eigenvalue weighted by molar-refractivity contribution is 0.198. The summed E-state index contributed by atoms with van der Waals surface area (Å²) in [5.41, 5.74) is 2.63. The Morgan fingerprint density at radius 2 is 1.72 bits per heavy atom. The van der Waals surface area contributed by atoms with E-state index >= 15 is 0 Å². The molecule has 128 valence electrons. The Morgan fingerprint density at radius 3 is 2.48 bits per heavy atom. The molecule has 1 atom stereocenters. The van der Waals surface area contributed by atoms with E-state index in [2.05, 4.69) is 63.7 Å². The molecule has 0 saturated carbocycles. The first-order valence-corrected chi connectivity index (χ1v) is 8.77. The van der Waals surface area contributed by atoms with Gasteiger partial charge in [-0.3, -0.25) is 9.88 Å². The number of methoxy groups -OCH3 is 1. The first-order valence-electron chi connectivity index (χ1n) is 8.77. The normalized spacial score (nSPS) is 16.7. The quantitative estimate of drug-likeness (QED) is 0.795. The second-order valence-electron chi connectivity index (χ2n) is 6.44. The fraction of sp³-hybridized carbons (Fsp3) is 0.286. The molecule has 3 aromatic rings. The van der Waals surface area contributed by atoms with Crippen molar-refractivity contribution in [3.8, 4) is 5.75 Å². The number of hydrogen-bond donors (Lipinski definition) is 1. The van der Waals surface area contributed by atoms with Crippen LogP contribution in [0.1, 0.15) is 17.2 Å². The van der Waals surface area contributed by atoms with Crippen LogP contribution in [0.4, 0.5) is 0 Å². The average molecular weight is 333 g/mol. The lowest BCUT2D eigenvalue weighted by Gasteiger charge is -2.35. The maximum atomic E-state index is 5.33. The van der Waals surface area contributed by atoms with Crippen LogP contribution in [0, 0.1) is 0 Å². The molecule has 0 radical (unpaired) electrons. The molecule has 1 aliphatic heterocycles. The molecule has 4 nitrogen and oxygen atoms in total. The fourth-order valence-corrected chi connectivity index (χ4v) is 3.61. The summed E-state index contributed by atoms with van der Waals surface area (Å²) in [5, 5.41) is 5.87. The molecule has 0 aliphatic carbocycles. The number of pyridine rings is 1. The molecule has 1 aliphatic rings. The predicted octanol–water partition coefficient (Wildman–Crippen LogP) is 3.24. The van der Waals surface area contributed by atoms with E-state index in [1.807, 2.05) is 12.4 Å². The Hall–Kier alpha value is -2.43. The number of nitrogens with zero attached hydrogens (tertiary/aromatic N) is 2. The van der Waals surface area contributed by atoms with Gasteiger partial charge in [-0.2, -0.15) is 0 Å². The van der Waals surface area contributed by atoms with Gasteiger partial charge in [-0.05, 0) is 40.8 Å². The van der Waals surface area contributed by atoms with Gasteiger partial charge in [0.05, 0.1) is 13.2 Å². The number of nitrogens with one attached hydrogen (secondary N) is 1. The van der Waals surface area contributed by atoms with Gasteiger partial charge in [-0.25, -0.2) is 0 Å². The number of hydrogen-bond acceptors (Lipinski definition) is 4. The van der Waals surface area contributed by atoms with E-state index in [4.69, 9.17) is 4.74 Å². The van der Waals surface area contributed by atoms with Crippen LogP contribution < -0.4 is 10.1 Å². The summed E-state index contributed by atoms with van der Waals surface area (Å²) in [4.78, 5) is 6.78. The van der Waals surface area contributed by atoms with E-state index in [0.29, 0.717) is 0 Å². The van der Waals surface area contributed by atoms with Crippen LogP contribution in [-0.4, -0.2) is 43.2 Å². The third-order valence-corrected chi connectivity index (χ3v) is 4.93. The van der Waals surface area contributed by atoms with Crippen molar-refractivity contribution in [1.29, 1.82) is 0 Å². The lowest BCUT2D eigenvalue weighted by atomic mass is 9.94. The maximum absolute atomic E-state index is 5.33. The SMILES string of the molecule is COc1ccc(C(c2ccc3cnccc3c2)N2CCNCC2)cc1. The number of piperazine rings is 1. The van der Waals surface area contributed by atoms with Gasteiger partial charge < -0.3 is 10.1 Å². The van der Waals surface area contributed by atoms with Crippen molar-refractivity contribution < 1.29 is 4.74 Å². The second kappa shape index (κ2) is 7.21. The first-order chi connectivity index (χ1) is 12.3. The molecule has 1 aromatic heterocycles. The molecule has 25 heavy (non-hydrogen) atoms. The molecule has 4 heteroatoms. The van der Waals surface area contributed by atoms with Crippen LogP contribution in [0.25, 0.3) is 10.8 Å². The molecule has 1 unspecified atom stereocenters. The number of rotatable bonds is 4. The minimum atomic E-state index is 0.255. The van der Waals surface area contributed by atoms with Crippen molar-refractivity contribution in [3.63, 3.8) is 0 Å². The van der Waals surface area contributed by atoms with E-state index in [0.717, 1.165) is 31.9 Å². The van der Waals surface area contributed by atoms with Crippen molar-refractivity contribution in [1.82, 2.24) is 15.2 Å². The average Bonchev–Trinajstić information content (AvgIpc) is 2.69. The molecule has 0 amide bonds. The van der Waals surface area contributed by atoms with Gasteiger partial charge in [0, 0.05) is 44.0 Å². The Morgan fingerprint density at radius 1 is 0.960 bits per heavy atom. The second-order valence-corrected chi connectivity index (χ2v) is 6.44. The molecule has 1 saturated heterocycles. The lowest BCUT2D eigenvalue weighted by Crippen LogP contribution is -2.45. The van der Waals surface area contributed by atoms with Gasteiger partial charge in [0.1, 0.15) is 5.75 Å². The monoisotopic (exact) mass is 333 g/mol. The van der Waals surface area contributed by atoms with Crippen LogP contribution >= 0.6 is 0 Å². The molecule has 0 bridgehead atoms. The van der Waals surface area contributed by atoms with Gasteiger partial charge in [0.2, 0.25) is 0 Å². The van der Waals surface area contributed by atoms with Gasteiger partial charge >= 0.3 is 0 Å². The maximum Gasteiger partial charge on any atom is 0.118 e. The number of ether oxygens (including phenoxy) is 1. The highest BCUT2D eigenvalue weighted by Gasteiger charge is 2.24. The third-order valence-electron chi connectivity index (χ3n) is 4.93. The summed E-state index contributed by atoms with van der Waals surface area (Å²) >= 11 is 0. The summed E-state index contributed by atoms with van der Waals surface area (Å²) in [6.45, 7) is 4.16. The molecule has 4 rings (SSSR count). The smallest absolute Gasteiger partial charge is 0.118 e. The molecular formula is C21H23N3O. The van der Waals surface area contributed by atoms with Gasteiger partial charge in [0.25, 0.3) is 0 Å². The fourth-order valence-electron chi connectivity index (χ4n) is 3.61. The highest BCUT2D eigenvalue weighted by atomic mass is 16.5. The van der Waals surface area contributed by atoms with E-state index < -0.39 is 0 Å². The van der Waals surface area contributed by atoms with Gasteiger partial charge in [0.15, 0.2) is 0 Å². The molecule has 0 spiro atoms. The van der Waals surface area contributed by atoms with Gasteiger partial charge in [-0.1, -0.05) is 24.3 Å². The van der Waals surface area contributed by atoms with Crippen molar-refractivity contribution in [2.24, 2.45) is 0 Å². The summed E-state index contributed by atoms with van der Waals surface area (Å²) in [7, 11) is 1.71. The van der Waals surface area contributed by atoms with E-state index in [-0.39, 0.29) is 6.04 Å². The van der Waals surface area contributed by atoms with Gasteiger partial charge in [-0.15, -0.1) is 0 Å². The molecule has 2 aromatic carbocycles. The highest BCUT2D eigenvalue weighted by Crippen LogP contribution is 2.31. The Balaban J connectivity index is 1.77. The minimum absolute atomic E-state index is 0.255. The van der Waals surface area contributed by atoms with Crippen molar-refractivity contribution >= 4 is 10.8 Å². The zero-order valence-electron chi connectivity index (χ0n) is 14.5. The van der Waals surface area contributed by atoms with Crippen molar-refractivity contribution in [2.75, 3.05) is 33.3 Å². The van der Waals surface area contributed by atoms with E-state index in [1.54, 1.807) is 7.11 Å². The third kappa shape index (κ3) is 3.36. The summed E-state index contributed by atoms with van der Waals surface area (Å²) < 4.78 is 5.33. The number of benzene rings is 2. The summed E-state index contributed by atoms with van der Waals surface area (Å²) in [6.07, 6.45) is 3.78. The zero-order chi connectivity index (χ0) is 17.1. The van der Waals surface area contributed by atoms with Crippen LogP contribution in [0.3, 0.4) is 0 Å². The van der Waals surface area contributed by atoms with Crippen LogP contribution in [0.2, 0.25) is 0 Å². The minimum Gasteiger partial charge on any atom is -0.497 e. The van der Waals surface area contributed by atoms with Crippen LogP contribution in [-0.2, 0) is 0 Å². The summed E-state index contributed by atoms with van der Waals surface area (Å²) in [6, 6.07) is 17.5. The molecule has 2 heterocycles. The standard InChI is InChI=1S/C21H23N3O/c1-25-20-6-4-16(5-7-20)21(24-12-10-22-11-13-24)18-2-3-19-15-23-9-8-17(19)14-18/h2-9,14-15,21-22H,10-13H2,1H3. The predicted molar refractivity (Wildman–Crippen MR) is 101 cm³/mol. The summed E-state index contributed by atoms with van der Waals surface area (Å²) in [5.74, 6) is 0.896. The van der Waals surface area contributed by atoms with Crippen LogP contribution in [0.15, 0.2) is 60.9 Å². The highest BCUT2D eigenvalue weighted by molar-refractivity contribution is 5.82. The topological polar surface area (TPSA) is 37.4 Å². The van der Waals surface area contributed by atoms with Crippen LogP contribution in [0.5, 0.6) is 5.75 Å². The number of aromatic nitrogens is 1. The Labute approximate surface area is 148 Å². The van der Waals surface area contributed by atoms with Crippen molar-refractivity contribution in [2.45, 2.75) is 6.04 Å². The van der Waals surface area contributed by atoms with Crippen molar-refractivity contribution in [3.05, 3.63) is 72.1 Å².